The van der Waals surface area contributed by atoms with Gasteiger partial charge in [0.2, 0.25) is 0 Å². The van der Waals surface area contributed by atoms with Crippen molar-refractivity contribution in [3.63, 3.8) is 0 Å². The highest BCUT2D eigenvalue weighted by molar-refractivity contribution is 7.80. The summed E-state index contributed by atoms with van der Waals surface area (Å²) in [5, 5.41) is 20.5. The molecule has 0 aliphatic carbocycles. The molecule has 2 atom stereocenters. The quantitative estimate of drug-likeness (QED) is 0.509. The fraction of sp³-hybridized carbons (Fsp3) is 0.250. The molecule has 3 aromatic rings. The summed E-state index contributed by atoms with van der Waals surface area (Å²) in [4.78, 5) is 7.96. The molecule has 0 fully saturated rings. The van der Waals surface area contributed by atoms with Crippen LogP contribution >= 0.6 is 24.4 Å². The maximum Gasteiger partial charge on any atom is 0.171 e. The van der Waals surface area contributed by atoms with E-state index in [9.17, 15) is 10.2 Å². The second-order valence-electron chi connectivity index (χ2n) is 6.34. The van der Waals surface area contributed by atoms with Gasteiger partial charge in [0.05, 0.1) is 11.0 Å². The summed E-state index contributed by atoms with van der Waals surface area (Å²) in [5.41, 5.74) is 1.47. The van der Waals surface area contributed by atoms with Crippen molar-refractivity contribution in [1.29, 1.82) is 0 Å². The molecule has 26 heavy (non-hydrogen) atoms. The third-order valence-electron chi connectivity index (χ3n) is 4.82. The van der Waals surface area contributed by atoms with Crippen molar-refractivity contribution in [3.8, 4) is 0 Å². The number of aliphatic hydroxyl groups is 2. The standard InChI is InChI=1S/C20H20N2O2S2/c1-2-14(17(23)25)20(19(24)26,12-13-8-4-3-5-9-13)18-21-15-10-6-7-11-16(15)22-18/h3-11,14H,2,12H2,1H3,(H,21,22)(H,23,25)(H,24,26). The summed E-state index contributed by atoms with van der Waals surface area (Å²) in [6.45, 7) is 1.91. The van der Waals surface area contributed by atoms with Gasteiger partial charge in [0.25, 0.3) is 0 Å². The second kappa shape index (κ2) is 7.51. The molecule has 2 aromatic carbocycles. The molecular weight excluding hydrogens is 364 g/mol. The maximum atomic E-state index is 10.7. The molecule has 134 valence electrons. The molecule has 3 rings (SSSR count). The van der Waals surface area contributed by atoms with Gasteiger partial charge in [-0.1, -0.05) is 49.4 Å². The lowest BCUT2D eigenvalue weighted by Crippen LogP contribution is -2.48. The lowest BCUT2D eigenvalue weighted by Gasteiger charge is -2.36. The van der Waals surface area contributed by atoms with Crippen LogP contribution in [0, 0.1) is 5.92 Å². The molecule has 1 heterocycles. The fourth-order valence-electron chi connectivity index (χ4n) is 3.51. The summed E-state index contributed by atoms with van der Waals surface area (Å²) in [6, 6.07) is 17.3. The van der Waals surface area contributed by atoms with Crippen LogP contribution in [0.5, 0.6) is 0 Å². The fourth-order valence-corrected chi connectivity index (χ4v) is 4.19. The number of thiocarbonyl (C=S) groups is 2. The van der Waals surface area contributed by atoms with Gasteiger partial charge in [-0.05, 0) is 55.0 Å². The SMILES string of the molecule is CCC(C(O)=S)C(Cc1ccccc1)(C(O)=S)c1nc2ccccc2[nH]1. The van der Waals surface area contributed by atoms with E-state index in [2.05, 4.69) is 9.97 Å². The molecule has 0 aliphatic heterocycles. The highest BCUT2D eigenvalue weighted by Gasteiger charge is 2.48. The number of hydrogen-bond acceptors (Lipinski definition) is 3. The average molecular weight is 385 g/mol. The summed E-state index contributed by atoms with van der Waals surface area (Å²) < 4.78 is 0. The number of aliphatic hydroxyl groups excluding tert-OH is 2. The van der Waals surface area contributed by atoms with Gasteiger partial charge in [0.1, 0.15) is 11.2 Å². The largest absolute Gasteiger partial charge is 0.502 e. The predicted molar refractivity (Wildman–Crippen MR) is 112 cm³/mol. The number of aromatic amines is 1. The first-order chi connectivity index (χ1) is 12.5. The Balaban J connectivity index is 2.24. The molecule has 2 unspecified atom stereocenters. The van der Waals surface area contributed by atoms with Gasteiger partial charge < -0.3 is 15.2 Å². The van der Waals surface area contributed by atoms with Crippen molar-refractivity contribution < 1.29 is 10.2 Å². The monoisotopic (exact) mass is 384 g/mol. The summed E-state index contributed by atoms with van der Waals surface area (Å²) >= 11 is 10.4. The topological polar surface area (TPSA) is 69.1 Å². The molecule has 6 heteroatoms. The Bertz CT molecular complexity index is 906. The van der Waals surface area contributed by atoms with Gasteiger partial charge in [-0.3, -0.25) is 0 Å². The molecule has 0 saturated heterocycles. The Morgan fingerprint density at radius 2 is 1.73 bits per heavy atom. The number of nitrogens with one attached hydrogen (secondary N) is 1. The van der Waals surface area contributed by atoms with Crippen molar-refractivity contribution >= 4 is 45.6 Å². The van der Waals surface area contributed by atoms with E-state index >= 15 is 0 Å². The summed E-state index contributed by atoms with van der Waals surface area (Å²) in [5.74, 6) is -0.0333. The molecular formula is C20H20N2O2S2. The lowest BCUT2D eigenvalue weighted by atomic mass is 9.70. The van der Waals surface area contributed by atoms with Crippen molar-refractivity contribution in [2.45, 2.75) is 25.2 Å². The van der Waals surface area contributed by atoms with Crippen LogP contribution in [0.2, 0.25) is 0 Å². The van der Waals surface area contributed by atoms with E-state index in [0.717, 1.165) is 16.6 Å². The molecule has 0 radical (unpaired) electrons. The number of H-pyrrole nitrogens is 1. The van der Waals surface area contributed by atoms with Crippen LogP contribution < -0.4 is 0 Å². The molecule has 0 aliphatic rings. The van der Waals surface area contributed by atoms with Crippen LogP contribution in [0.3, 0.4) is 0 Å². The molecule has 3 N–H and O–H groups in total. The van der Waals surface area contributed by atoms with Crippen LogP contribution in [0.4, 0.5) is 0 Å². The third-order valence-corrected chi connectivity index (χ3v) is 5.47. The number of aromatic nitrogens is 2. The Morgan fingerprint density at radius 1 is 1.08 bits per heavy atom. The third kappa shape index (κ3) is 3.22. The molecule has 0 amide bonds. The first kappa shape index (κ1) is 18.5. The number of rotatable bonds is 7. The van der Waals surface area contributed by atoms with Gasteiger partial charge >= 0.3 is 0 Å². The number of imidazole rings is 1. The van der Waals surface area contributed by atoms with E-state index in [-0.39, 0.29) is 10.1 Å². The maximum absolute atomic E-state index is 10.7. The van der Waals surface area contributed by atoms with Crippen LogP contribution in [-0.2, 0) is 11.8 Å². The van der Waals surface area contributed by atoms with Crippen molar-refractivity contribution in [2.24, 2.45) is 5.92 Å². The van der Waals surface area contributed by atoms with E-state index in [0.29, 0.717) is 18.7 Å². The minimum atomic E-state index is -1.11. The van der Waals surface area contributed by atoms with Gasteiger partial charge in [-0.2, -0.15) is 0 Å². The number of fused-ring (bicyclic) bond motifs is 1. The Kier molecular flexibility index (Phi) is 5.34. The van der Waals surface area contributed by atoms with Crippen LogP contribution in [0.15, 0.2) is 54.6 Å². The van der Waals surface area contributed by atoms with Crippen molar-refractivity contribution in [1.82, 2.24) is 9.97 Å². The van der Waals surface area contributed by atoms with Crippen molar-refractivity contribution in [3.05, 3.63) is 66.0 Å². The van der Waals surface area contributed by atoms with Crippen LogP contribution in [-0.4, -0.2) is 30.3 Å². The minimum Gasteiger partial charge on any atom is -0.502 e. The van der Waals surface area contributed by atoms with E-state index in [1.807, 2.05) is 61.5 Å². The zero-order valence-electron chi connectivity index (χ0n) is 14.3. The molecule has 4 nitrogen and oxygen atoms in total. The number of hydrogen-bond donors (Lipinski definition) is 3. The lowest BCUT2D eigenvalue weighted by molar-refractivity contribution is 0.331. The Morgan fingerprint density at radius 3 is 2.31 bits per heavy atom. The summed E-state index contributed by atoms with van der Waals surface area (Å²) in [6.07, 6.45) is 0.891. The molecule has 0 saturated carbocycles. The number of nitrogens with zero attached hydrogens (tertiary/aromatic N) is 1. The van der Waals surface area contributed by atoms with E-state index in [4.69, 9.17) is 24.4 Å². The van der Waals surface area contributed by atoms with Gasteiger partial charge in [-0.25, -0.2) is 4.98 Å². The first-order valence-electron chi connectivity index (χ1n) is 8.44. The smallest absolute Gasteiger partial charge is 0.171 e. The first-order valence-corrected chi connectivity index (χ1v) is 9.26. The van der Waals surface area contributed by atoms with E-state index in [1.165, 1.54) is 0 Å². The highest BCUT2D eigenvalue weighted by Crippen LogP contribution is 2.39. The molecule has 0 bridgehead atoms. The van der Waals surface area contributed by atoms with Gasteiger partial charge in [-0.15, -0.1) is 0 Å². The van der Waals surface area contributed by atoms with E-state index in [1.54, 1.807) is 0 Å². The normalized spacial score (nSPS) is 14.7. The van der Waals surface area contributed by atoms with E-state index < -0.39 is 11.3 Å². The van der Waals surface area contributed by atoms with Gasteiger partial charge in [0.15, 0.2) is 10.1 Å². The zero-order chi connectivity index (χ0) is 18.7. The van der Waals surface area contributed by atoms with Crippen LogP contribution in [0.25, 0.3) is 11.0 Å². The average Bonchev–Trinajstić information content (AvgIpc) is 3.06. The second-order valence-corrected chi connectivity index (χ2v) is 7.15. The predicted octanol–water partition coefficient (Wildman–Crippen LogP) is 4.84. The zero-order valence-corrected chi connectivity index (χ0v) is 16.0. The van der Waals surface area contributed by atoms with Crippen LogP contribution in [0.1, 0.15) is 24.7 Å². The van der Waals surface area contributed by atoms with Gasteiger partial charge in [0, 0.05) is 5.92 Å². The highest BCUT2D eigenvalue weighted by atomic mass is 32.1. The molecule has 0 spiro atoms. The Hall–Kier alpha value is -2.31. The minimum absolute atomic E-state index is 0.180. The summed E-state index contributed by atoms with van der Waals surface area (Å²) in [7, 11) is 0. The number of para-hydroxylation sites is 2. The van der Waals surface area contributed by atoms with Crippen molar-refractivity contribution in [2.75, 3.05) is 0 Å². The Labute approximate surface area is 162 Å². The number of benzene rings is 2. The molecule has 1 aromatic heterocycles.